The third-order valence-corrected chi connectivity index (χ3v) is 6.29. The number of carbonyl (C=O) groups is 2. The van der Waals surface area contributed by atoms with E-state index >= 15 is 0 Å². The van der Waals surface area contributed by atoms with Crippen LogP contribution in [0.15, 0.2) is 54.6 Å². The fourth-order valence-electron chi connectivity index (χ4n) is 4.50. The molecule has 0 bridgehead atoms. The van der Waals surface area contributed by atoms with Crippen LogP contribution in [0, 0.1) is 5.92 Å². The van der Waals surface area contributed by atoms with Crippen molar-refractivity contribution in [3.8, 4) is 0 Å². The summed E-state index contributed by atoms with van der Waals surface area (Å²) in [6, 6.07) is 17.3. The van der Waals surface area contributed by atoms with E-state index in [9.17, 15) is 9.59 Å². The molecular weight excluding hydrogens is 386 g/mol. The van der Waals surface area contributed by atoms with E-state index in [0.29, 0.717) is 29.6 Å². The third-order valence-electron chi connectivity index (χ3n) is 6.06. The molecule has 6 heteroatoms. The molecule has 0 spiro atoms. The molecule has 152 valence electrons. The number of benzene rings is 2. The molecule has 3 amide bonds. The fraction of sp³-hybridized carbons (Fsp3) is 0.391. The van der Waals surface area contributed by atoms with Gasteiger partial charge in [0.05, 0.1) is 0 Å². The van der Waals surface area contributed by atoms with Crippen molar-refractivity contribution in [3.63, 3.8) is 0 Å². The molecule has 0 unspecified atom stereocenters. The second-order valence-electron chi connectivity index (χ2n) is 7.83. The molecule has 2 aromatic rings. The van der Waals surface area contributed by atoms with Gasteiger partial charge in [0.1, 0.15) is 0 Å². The summed E-state index contributed by atoms with van der Waals surface area (Å²) in [5, 5.41) is 3.63. The number of likely N-dealkylation sites (tertiary alicyclic amines) is 2. The second kappa shape index (κ2) is 8.87. The average Bonchev–Trinajstić information content (AvgIpc) is 3.04. The summed E-state index contributed by atoms with van der Waals surface area (Å²) < 4.78 is 0. The first-order valence-electron chi connectivity index (χ1n) is 10.2. The number of hydrogen-bond acceptors (Lipinski definition) is 2. The van der Waals surface area contributed by atoms with Crippen LogP contribution in [-0.4, -0.2) is 47.4 Å². The van der Waals surface area contributed by atoms with Crippen LogP contribution in [0.2, 0.25) is 5.02 Å². The maximum atomic E-state index is 12.9. The van der Waals surface area contributed by atoms with Crippen LogP contribution in [0.1, 0.15) is 35.2 Å². The van der Waals surface area contributed by atoms with E-state index in [2.05, 4.69) is 5.32 Å². The van der Waals surface area contributed by atoms with Gasteiger partial charge in [0.15, 0.2) is 0 Å². The first kappa shape index (κ1) is 19.8. The number of carbonyl (C=O) groups excluding carboxylic acids is 2. The molecule has 5 nitrogen and oxygen atoms in total. The van der Waals surface area contributed by atoms with Gasteiger partial charge in [-0.05, 0) is 48.9 Å². The molecule has 4 rings (SSSR count). The molecule has 1 N–H and O–H groups in total. The summed E-state index contributed by atoms with van der Waals surface area (Å²) in [4.78, 5) is 29.5. The van der Waals surface area contributed by atoms with Crippen molar-refractivity contribution >= 4 is 23.5 Å². The van der Waals surface area contributed by atoms with E-state index in [-0.39, 0.29) is 18.0 Å². The summed E-state index contributed by atoms with van der Waals surface area (Å²) in [7, 11) is 0. The lowest BCUT2D eigenvalue weighted by Gasteiger charge is -2.27. The Morgan fingerprint density at radius 2 is 1.72 bits per heavy atom. The predicted molar refractivity (Wildman–Crippen MR) is 114 cm³/mol. The Kier molecular flexibility index (Phi) is 6.05. The minimum absolute atomic E-state index is 0.00373. The second-order valence-corrected chi connectivity index (χ2v) is 8.27. The van der Waals surface area contributed by atoms with Crippen LogP contribution in [0.4, 0.5) is 4.79 Å². The van der Waals surface area contributed by atoms with E-state index in [0.717, 1.165) is 37.9 Å². The van der Waals surface area contributed by atoms with Crippen molar-refractivity contribution < 1.29 is 9.59 Å². The van der Waals surface area contributed by atoms with Crippen LogP contribution in [0.3, 0.4) is 0 Å². The van der Waals surface area contributed by atoms with Crippen molar-refractivity contribution in [2.24, 2.45) is 5.92 Å². The molecule has 2 saturated heterocycles. The molecule has 29 heavy (non-hydrogen) atoms. The summed E-state index contributed by atoms with van der Waals surface area (Å²) in [6.07, 6.45) is 2.75. The number of halogens is 1. The van der Waals surface area contributed by atoms with Crippen LogP contribution in [-0.2, 0) is 6.54 Å². The minimum atomic E-state index is -0.00373. The van der Waals surface area contributed by atoms with Gasteiger partial charge in [-0.3, -0.25) is 4.79 Å². The zero-order valence-electron chi connectivity index (χ0n) is 16.4. The van der Waals surface area contributed by atoms with Crippen molar-refractivity contribution in [3.05, 3.63) is 70.7 Å². The van der Waals surface area contributed by atoms with E-state index in [4.69, 9.17) is 11.6 Å². The van der Waals surface area contributed by atoms with E-state index in [1.165, 1.54) is 0 Å². The van der Waals surface area contributed by atoms with E-state index in [1.54, 1.807) is 18.2 Å². The molecule has 2 fully saturated rings. The maximum absolute atomic E-state index is 12.9. The Bertz CT molecular complexity index is 873. The number of hydrogen-bond donors (Lipinski definition) is 1. The number of nitrogens with one attached hydrogen (secondary N) is 1. The van der Waals surface area contributed by atoms with Gasteiger partial charge in [0.25, 0.3) is 5.91 Å². The Morgan fingerprint density at radius 1 is 0.966 bits per heavy atom. The van der Waals surface area contributed by atoms with Gasteiger partial charge in [-0.1, -0.05) is 48.0 Å². The Labute approximate surface area is 176 Å². The first-order chi connectivity index (χ1) is 14.1. The molecule has 2 aliphatic rings. The van der Waals surface area contributed by atoms with Crippen LogP contribution in [0.25, 0.3) is 0 Å². The summed E-state index contributed by atoms with van der Waals surface area (Å²) >= 11 is 6.04. The highest BCUT2D eigenvalue weighted by molar-refractivity contribution is 6.30. The monoisotopic (exact) mass is 411 g/mol. The highest BCUT2D eigenvalue weighted by Crippen LogP contribution is 2.32. The molecule has 0 saturated carbocycles. The lowest BCUT2D eigenvalue weighted by atomic mass is 9.96. The molecule has 2 aromatic carbocycles. The highest BCUT2D eigenvalue weighted by Gasteiger charge is 2.39. The topological polar surface area (TPSA) is 52.7 Å². The standard InChI is InChI=1S/C23H26ClN3O2/c24-20-8-4-7-19(15-20)22(28)26-12-9-18-10-14-27(21(18)11-13-26)23(29)25-16-17-5-2-1-3-6-17/h1-8,15,18,21H,9-14,16H2,(H,25,29)/t18-,21-/m0/s1. The zero-order valence-corrected chi connectivity index (χ0v) is 17.1. The van der Waals surface area contributed by atoms with Gasteiger partial charge >= 0.3 is 6.03 Å². The average molecular weight is 412 g/mol. The Hall–Kier alpha value is -2.53. The SMILES string of the molecule is O=C(c1cccc(Cl)c1)N1CC[C@H]2CCN(C(=O)NCc3ccccc3)[C@H]2CC1. The predicted octanol–water partition coefficient (Wildman–Crippen LogP) is 4.18. The van der Waals surface area contributed by atoms with Crippen LogP contribution >= 0.6 is 11.6 Å². The van der Waals surface area contributed by atoms with Crippen molar-refractivity contribution in [2.45, 2.75) is 31.8 Å². The molecular formula is C23H26ClN3O2. The van der Waals surface area contributed by atoms with Gasteiger partial charge in [-0.2, -0.15) is 0 Å². The Morgan fingerprint density at radius 3 is 2.52 bits per heavy atom. The maximum Gasteiger partial charge on any atom is 0.317 e. The molecule has 2 aliphatic heterocycles. The van der Waals surface area contributed by atoms with Crippen LogP contribution in [0.5, 0.6) is 0 Å². The Balaban J connectivity index is 1.37. The van der Waals surface area contributed by atoms with E-state index in [1.807, 2.05) is 46.2 Å². The highest BCUT2D eigenvalue weighted by atomic mass is 35.5. The quantitative estimate of drug-likeness (QED) is 0.823. The number of amides is 3. The molecule has 0 aromatic heterocycles. The lowest BCUT2D eigenvalue weighted by Crippen LogP contribution is -2.44. The van der Waals surface area contributed by atoms with Gasteiger partial charge in [-0.15, -0.1) is 0 Å². The van der Waals surface area contributed by atoms with Gasteiger partial charge < -0.3 is 15.1 Å². The van der Waals surface area contributed by atoms with Crippen molar-refractivity contribution in [2.75, 3.05) is 19.6 Å². The molecule has 0 aliphatic carbocycles. The lowest BCUT2D eigenvalue weighted by molar-refractivity contribution is 0.0757. The summed E-state index contributed by atoms with van der Waals surface area (Å²) in [5.74, 6) is 0.474. The summed E-state index contributed by atoms with van der Waals surface area (Å²) in [5.41, 5.74) is 1.72. The van der Waals surface area contributed by atoms with Crippen molar-refractivity contribution in [1.82, 2.24) is 15.1 Å². The normalized spacial score (nSPS) is 21.4. The number of nitrogens with zero attached hydrogens (tertiary/aromatic N) is 2. The van der Waals surface area contributed by atoms with E-state index < -0.39 is 0 Å². The largest absolute Gasteiger partial charge is 0.339 e. The fourth-order valence-corrected chi connectivity index (χ4v) is 4.69. The van der Waals surface area contributed by atoms with Crippen molar-refractivity contribution in [1.29, 1.82) is 0 Å². The number of rotatable bonds is 3. The minimum Gasteiger partial charge on any atom is -0.339 e. The van der Waals surface area contributed by atoms with Gasteiger partial charge in [-0.25, -0.2) is 4.79 Å². The van der Waals surface area contributed by atoms with Crippen LogP contribution < -0.4 is 5.32 Å². The smallest absolute Gasteiger partial charge is 0.317 e. The molecule has 2 heterocycles. The zero-order chi connectivity index (χ0) is 20.2. The molecule has 0 radical (unpaired) electrons. The van der Waals surface area contributed by atoms with Gasteiger partial charge in [0.2, 0.25) is 0 Å². The first-order valence-corrected chi connectivity index (χ1v) is 10.6. The third kappa shape index (κ3) is 4.56. The van der Waals surface area contributed by atoms with Gasteiger partial charge in [0, 0.05) is 42.8 Å². The number of urea groups is 1. The molecule has 2 atom stereocenters. The summed E-state index contributed by atoms with van der Waals surface area (Å²) in [6.45, 7) is 2.71. The number of fused-ring (bicyclic) bond motifs is 1.